The zero-order valence-electron chi connectivity index (χ0n) is 11.1. The highest BCUT2D eigenvalue weighted by Gasteiger charge is 2.25. The number of piperidine rings is 1. The molecular weight excluding hydrogens is 264 g/mol. The molecule has 1 aromatic rings. The third-order valence-electron chi connectivity index (χ3n) is 3.40. The van der Waals surface area contributed by atoms with Crippen molar-refractivity contribution in [3.63, 3.8) is 0 Å². The normalized spacial score (nSPS) is 17.4. The molecule has 104 valence electrons. The molecule has 0 aromatic carbocycles. The third-order valence-corrected chi connectivity index (χ3v) is 3.61. The lowest BCUT2D eigenvalue weighted by Crippen LogP contribution is -2.36. The molecule has 1 saturated heterocycles. The van der Waals surface area contributed by atoms with Gasteiger partial charge in [0.15, 0.2) is 0 Å². The molecule has 0 aliphatic carbocycles. The molecule has 0 spiro atoms. The Bertz CT molecular complexity index is 431. The summed E-state index contributed by atoms with van der Waals surface area (Å²) in [4.78, 5) is 18.0. The molecular formula is C14H19ClN2O2. The van der Waals surface area contributed by atoms with Crippen molar-refractivity contribution in [2.24, 2.45) is 5.92 Å². The van der Waals surface area contributed by atoms with Crippen LogP contribution in [0.1, 0.15) is 25.3 Å². The molecule has 5 heteroatoms. The van der Waals surface area contributed by atoms with E-state index >= 15 is 0 Å². The molecule has 0 atom stereocenters. The fourth-order valence-corrected chi connectivity index (χ4v) is 2.58. The second-order valence-corrected chi connectivity index (χ2v) is 5.18. The van der Waals surface area contributed by atoms with Crippen LogP contribution < -0.4 is 0 Å². The molecule has 19 heavy (non-hydrogen) atoms. The fraction of sp³-hybridized carbons (Fsp3) is 0.571. The van der Waals surface area contributed by atoms with Crippen molar-refractivity contribution in [1.29, 1.82) is 0 Å². The standard InChI is InChI=1S/C14H19ClN2O2/c1-2-19-14(18)12-4-7-17(8-5-12)10-11-3-6-16-13(15)9-11/h3,6,9,12H,2,4-5,7-8,10H2,1H3. The second-order valence-electron chi connectivity index (χ2n) is 4.79. The van der Waals surface area contributed by atoms with Crippen LogP contribution in [-0.4, -0.2) is 35.5 Å². The Hall–Kier alpha value is -1.13. The summed E-state index contributed by atoms with van der Waals surface area (Å²) in [6.07, 6.45) is 3.47. The number of carbonyl (C=O) groups excluding carboxylic acids is 1. The van der Waals surface area contributed by atoms with Crippen LogP contribution in [0, 0.1) is 5.92 Å². The van der Waals surface area contributed by atoms with Crippen LogP contribution in [0.15, 0.2) is 18.3 Å². The maximum Gasteiger partial charge on any atom is 0.309 e. The number of esters is 1. The Morgan fingerprint density at radius 2 is 2.26 bits per heavy atom. The van der Waals surface area contributed by atoms with Crippen LogP contribution in [-0.2, 0) is 16.1 Å². The Morgan fingerprint density at radius 1 is 1.53 bits per heavy atom. The van der Waals surface area contributed by atoms with Gasteiger partial charge in [-0.2, -0.15) is 0 Å². The highest BCUT2D eigenvalue weighted by Crippen LogP contribution is 2.20. The van der Waals surface area contributed by atoms with Crippen LogP contribution >= 0.6 is 11.6 Å². The number of hydrogen-bond acceptors (Lipinski definition) is 4. The largest absolute Gasteiger partial charge is 0.466 e. The Balaban J connectivity index is 1.82. The lowest BCUT2D eigenvalue weighted by molar-refractivity contribution is -0.149. The first kappa shape index (κ1) is 14.3. The van der Waals surface area contributed by atoms with E-state index < -0.39 is 0 Å². The molecule has 0 radical (unpaired) electrons. The first-order valence-electron chi connectivity index (χ1n) is 6.68. The van der Waals surface area contributed by atoms with Crippen molar-refractivity contribution >= 4 is 17.6 Å². The van der Waals surface area contributed by atoms with Gasteiger partial charge in [-0.15, -0.1) is 0 Å². The van der Waals surface area contributed by atoms with E-state index in [9.17, 15) is 4.79 Å². The molecule has 1 aliphatic heterocycles. The number of pyridine rings is 1. The summed E-state index contributed by atoms with van der Waals surface area (Å²) in [5, 5.41) is 0.527. The molecule has 0 unspecified atom stereocenters. The number of likely N-dealkylation sites (tertiary alicyclic amines) is 1. The fourth-order valence-electron chi connectivity index (χ4n) is 2.39. The Labute approximate surface area is 118 Å². The van der Waals surface area contributed by atoms with Gasteiger partial charge in [0.05, 0.1) is 12.5 Å². The molecule has 2 rings (SSSR count). The summed E-state index contributed by atoms with van der Waals surface area (Å²) in [6, 6.07) is 3.86. The van der Waals surface area contributed by atoms with Crippen LogP contribution in [0.25, 0.3) is 0 Å². The van der Waals surface area contributed by atoms with Gasteiger partial charge in [0.1, 0.15) is 5.15 Å². The summed E-state index contributed by atoms with van der Waals surface area (Å²) in [6.45, 7) is 5.01. The second kappa shape index (κ2) is 6.87. The highest BCUT2D eigenvalue weighted by atomic mass is 35.5. The van der Waals surface area contributed by atoms with Crippen molar-refractivity contribution in [2.45, 2.75) is 26.3 Å². The summed E-state index contributed by atoms with van der Waals surface area (Å²) in [5.74, 6) is 0.0198. The van der Waals surface area contributed by atoms with E-state index in [1.54, 1.807) is 6.20 Å². The smallest absolute Gasteiger partial charge is 0.309 e. The van der Waals surface area contributed by atoms with Crippen molar-refractivity contribution < 1.29 is 9.53 Å². The predicted molar refractivity (Wildman–Crippen MR) is 73.9 cm³/mol. The maximum atomic E-state index is 11.6. The zero-order chi connectivity index (χ0) is 13.7. The minimum absolute atomic E-state index is 0.0471. The number of nitrogens with zero attached hydrogens (tertiary/aromatic N) is 2. The van der Waals surface area contributed by atoms with Gasteiger partial charge in [0, 0.05) is 12.7 Å². The number of rotatable bonds is 4. The number of carbonyl (C=O) groups is 1. The molecule has 0 saturated carbocycles. The van der Waals surface area contributed by atoms with E-state index in [4.69, 9.17) is 16.3 Å². The van der Waals surface area contributed by atoms with E-state index in [1.165, 1.54) is 0 Å². The van der Waals surface area contributed by atoms with Gasteiger partial charge < -0.3 is 4.74 Å². The maximum absolute atomic E-state index is 11.6. The van der Waals surface area contributed by atoms with Gasteiger partial charge in [0.25, 0.3) is 0 Å². The molecule has 1 aromatic heterocycles. The summed E-state index contributed by atoms with van der Waals surface area (Å²) < 4.78 is 5.07. The molecule has 1 aliphatic rings. The summed E-state index contributed by atoms with van der Waals surface area (Å²) in [5.41, 5.74) is 1.16. The summed E-state index contributed by atoms with van der Waals surface area (Å²) in [7, 11) is 0. The molecule has 0 bridgehead atoms. The van der Waals surface area contributed by atoms with Crippen molar-refractivity contribution in [2.75, 3.05) is 19.7 Å². The minimum Gasteiger partial charge on any atom is -0.466 e. The number of halogens is 1. The first-order valence-corrected chi connectivity index (χ1v) is 7.06. The van der Waals surface area contributed by atoms with Crippen molar-refractivity contribution in [3.8, 4) is 0 Å². The Kier molecular flexibility index (Phi) is 5.16. The van der Waals surface area contributed by atoms with Gasteiger partial charge >= 0.3 is 5.97 Å². The highest BCUT2D eigenvalue weighted by molar-refractivity contribution is 6.29. The van der Waals surface area contributed by atoms with E-state index in [2.05, 4.69) is 9.88 Å². The van der Waals surface area contributed by atoms with Crippen LogP contribution in [0.4, 0.5) is 0 Å². The van der Waals surface area contributed by atoms with E-state index in [0.717, 1.165) is 38.0 Å². The van der Waals surface area contributed by atoms with Gasteiger partial charge in [-0.1, -0.05) is 11.6 Å². The van der Waals surface area contributed by atoms with Crippen molar-refractivity contribution in [3.05, 3.63) is 29.0 Å². The number of hydrogen-bond donors (Lipinski definition) is 0. The third kappa shape index (κ3) is 4.18. The molecule has 0 N–H and O–H groups in total. The van der Waals surface area contributed by atoms with E-state index in [-0.39, 0.29) is 11.9 Å². The molecule has 4 nitrogen and oxygen atoms in total. The van der Waals surface area contributed by atoms with Crippen LogP contribution in [0.3, 0.4) is 0 Å². The first-order chi connectivity index (χ1) is 9.19. The van der Waals surface area contributed by atoms with Crippen LogP contribution in [0.5, 0.6) is 0 Å². The lowest BCUT2D eigenvalue weighted by atomic mass is 9.97. The predicted octanol–water partition coefficient (Wildman–Crippen LogP) is 2.51. The molecule has 0 amide bonds. The van der Waals surface area contributed by atoms with Gasteiger partial charge in [-0.05, 0) is 50.6 Å². The molecule has 1 fully saturated rings. The van der Waals surface area contributed by atoms with E-state index in [0.29, 0.717) is 11.8 Å². The number of aromatic nitrogens is 1. The monoisotopic (exact) mass is 282 g/mol. The van der Waals surface area contributed by atoms with Gasteiger partial charge in [-0.25, -0.2) is 4.98 Å². The average molecular weight is 283 g/mol. The SMILES string of the molecule is CCOC(=O)C1CCN(Cc2ccnc(Cl)c2)CC1. The average Bonchev–Trinajstić information content (AvgIpc) is 2.40. The van der Waals surface area contributed by atoms with Gasteiger partial charge in [-0.3, -0.25) is 9.69 Å². The van der Waals surface area contributed by atoms with Gasteiger partial charge in [0.2, 0.25) is 0 Å². The lowest BCUT2D eigenvalue weighted by Gasteiger charge is -2.30. The minimum atomic E-state index is -0.0471. The van der Waals surface area contributed by atoms with Crippen molar-refractivity contribution in [1.82, 2.24) is 9.88 Å². The summed E-state index contributed by atoms with van der Waals surface area (Å²) >= 11 is 5.87. The number of ether oxygens (including phenoxy) is 1. The van der Waals surface area contributed by atoms with E-state index in [1.807, 2.05) is 19.1 Å². The van der Waals surface area contributed by atoms with Crippen LogP contribution in [0.2, 0.25) is 5.15 Å². The quantitative estimate of drug-likeness (QED) is 0.629. The topological polar surface area (TPSA) is 42.4 Å². The Morgan fingerprint density at radius 3 is 2.89 bits per heavy atom. The molecule has 2 heterocycles. The zero-order valence-corrected chi connectivity index (χ0v) is 11.9.